The lowest BCUT2D eigenvalue weighted by molar-refractivity contribution is -0.141. The number of hydrogen-bond donors (Lipinski definition) is 3. The van der Waals surface area contributed by atoms with Gasteiger partial charge in [0, 0.05) is 11.0 Å². The molecule has 3 rings (SSSR count). The van der Waals surface area contributed by atoms with Crippen molar-refractivity contribution in [3.05, 3.63) is 35.8 Å². The molecule has 5 heteroatoms. The van der Waals surface area contributed by atoms with Gasteiger partial charge in [0.2, 0.25) is 0 Å². The predicted molar refractivity (Wildman–Crippen MR) is 92.9 cm³/mol. The number of aliphatic hydroxyl groups excluding tert-OH is 2. The van der Waals surface area contributed by atoms with Crippen LogP contribution >= 0.6 is 0 Å². The Hall–Kier alpha value is -1.59. The molecule has 0 bridgehead atoms. The van der Waals surface area contributed by atoms with Crippen molar-refractivity contribution in [1.29, 1.82) is 0 Å². The molecule has 0 aliphatic heterocycles. The van der Waals surface area contributed by atoms with E-state index >= 15 is 0 Å². The van der Waals surface area contributed by atoms with Crippen molar-refractivity contribution >= 4 is 5.97 Å². The third kappa shape index (κ3) is 2.93. The number of furan rings is 1. The second-order valence-corrected chi connectivity index (χ2v) is 8.13. The van der Waals surface area contributed by atoms with Crippen molar-refractivity contribution in [3.63, 3.8) is 0 Å². The number of aliphatic carboxylic acids is 1. The number of hydrogen-bond acceptors (Lipinski definition) is 4. The molecule has 1 aromatic heterocycles. The highest BCUT2D eigenvalue weighted by Crippen LogP contribution is 2.61. The first-order chi connectivity index (χ1) is 11.8. The van der Waals surface area contributed by atoms with Crippen molar-refractivity contribution < 1.29 is 24.5 Å². The van der Waals surface area contributed by atoms with Crippen LogP contribution in [0, 0.1) is 22.7 Å². The SMILES string of the molecule is C[C@@H]1CC[C@@]2(CO)C(C(=O)O)=C[C@@H](O)C[C@@H]2[C@@]1(C)CCc1ccoc1. The fraction of sp³-hybridized carbons (Fsp3) is 0.650. The van der Waals surface area contributed by atoms with E-state index in [0.29, 0.717) is 18.8 Å². The Morgan fingerprint density at radius 2 is 2.20 bits per heavy atom. The summed E-state index contributed by atoms with van der Waals surface area (Å²) >= 11 is 0. The highest BCUT2D eigenvalue weighted by atomic mass is 16.4. The number of aliphatic hydroxyl groups is 2. The van der Waals surface area contributed by atoms with Crippen LogP contribution in [0.2, 0.25) is 0 Å². The number of rotatable bonds is 5. The second-order valence-electron chi connectivity index (χ2n) is 8.13. The first-order valence-corrected chi connectivity index (χ1v) is 9.09. The molecule has 2 aliphatic carbocycles. The summed E-state index contributed by atoms with van der Waals surface area (Å²) in [5, 5.41) is 30.3. The number of carboxylic acids is 1. The molecule has 0 spiro atoms. The lowest BCUT2D eigenvalue weighted by Crippen LogP contribution is -2.55. The molecule has 1 saturated carbocycles. The summed E-state index contributed by atoms with van der Waals surface area (Å²) in [5.74, 6) is -0.694. The van der Waals surface area contributed by atoms with Crippen molar-refractivity contribution in [3.8, 4) is 0 Å². The molecular weight excluding hydrogens is 320 g/mol. The molecule has 25 heavy (non-hydrogen) atoms. The van der Waals surface area contributed by atoms with E-state index in [9.17, 15) is 20.1 Å². The van der Waals surface area contributed by atoms with Crippen molar-refractivity contribution in [2.45, 2.75) is 52.1 Å². The summed E-state index contributed by atoms with van der Waals surface area (Å²) in [6, 6.07) is 1.95. The Balaban J connectivity index is 1.98. The average Bonchev–Trinajstić information content (AvgIpc) is 3.10. The van der Waals surface area contributed by atoms with Crippen LogP contribution in [0.15, 0.2) is 34.7 Å². The van der Waals surface area contributed by atoms with E-state index in [1.54, 1.807) is 12.5 Å². The summed E-state index contributed by atoms with van der Waals surface area (Å²) in [6.07, 6.45) is 7.84. The zero-order valence-electron chi connectivity index (χ0n) is 14.9. The van der Waals surface area contributed by atoms with Crippen LogP contribution < -0.4 is 0 Å². The third-order valence-electron chi connectivity index (χ3n) is 7.03. The molecule has 5 atom stereocenters. The van der Waals surface area contributed by atoms with Crippen LogP contribution in [0.1, 0.15) is 45.1 Å². The lowest BCUT2D eigenvalue weighted by Gasteiger charge is -2.58. The fourth-order valence-electron chi connectivity index (χ4n) is 5.27. The molecule has 0 amide bonds. The number of carboxylic acid groups (broad SMARTS) is 1. The molecular formula is C20H28O5. The van der Waals surface area contributed by atoms with Crippen molar-refractivity contribution in [1.82, 2.24) is 0 Å². The molecule has 3 N–H and O–H groups in total. The van der Waals surface area contributed by atoms with Crippen LogP contribution in [0.25, 0.3) is 0 Å². The van der Waals surface area contributed by atoms with Gasteiger partial charge in [-0.1, -0.05) is 13.8 Å². The van der Waals surface area contributed by atoms with E-state index in [4.69, 9.17) is 4.42 Å². The van der Waals surface area contributed by atoms with Gasteiger partial charge < -0.3 is 19.7 Å². The highest BCUT2D eigenvalue weighted by Gasteiger charge is 2.58. The molecule has 0 radical (unpaired) electrons. The molecule has 0 unspecified atom stereocenters. The van der Waals surface area contributed by atoms with Gasteiger partial charge in [-0.2, -0.15) is 0 Å². The first-order valence-electron chi connectivity index (χ1n) is 9.09. The highest BCUT2D eigenvalue weighted by molar-refractivity contribution is 5.89. The molecule has 5 nitrogen and oxygen atoms in total. The monoisotopic (exact) mass is 348 g/mol. The van der Waals surface area contributed by atoms with E-state index in [1.165, 1.54) is 6.08 Å². The summed E-state index contributed by atoms with van der Waals surface area (Å²) in [6.45, 7) is 4.22. The normalized spacial score (nSPS) is 38.1. The Kier molecular flexibility index (Phi) is 4.82. The summed E-state index contributed by atoms with van der Waals surface area (Å²) in [7, 11) is 0. The smallest absolute Gasteiger partial charge is 0.332 e. The maximum Gasteiger partial charge on any atom is 0.332 e. The van der Waals surface area contributed by atoms with Gasteiger partial charge in [-0.3, -0.25) is 0 Å². The molecule has 1 aromatic rings. The minimum atomic E-state index is -1.02. The van der Waals surface area contributed by atoms with Crippen LogP contribution in [0.4, 0.5) is 0 Å². The van der Waals surface area contributed by atoms with E-state index in [-0.39, 0.29) is 23.5 Å². The zero-order chi connectivity index (χ0) is 18.2. The maximum atomic E-state index is 11.9. The average molecular weight is 348 g/mol. The van der Waals surface area contributed by atoms with E-state index < -0.39 is 17.5 Å². The maximum absolute atomic E-state index is 11.9. The van der Waals surface area contributed by atoms with Gasteiger partial charge >= 0.3 is 5.97 Å². The van der Waals surface area contributed by atoms with Gasteiger partial charge in [-0.05, 0) is 67.1 Å². The topological polar surface area (TPSA) is 90.9 Å². The Labute approximate surface area is 148 Å². The Morgan fingerprint density at radius 1 is 1.44 bits per heavy atom. The van der Waals surface area contributed by atoms with Crippen LogP contribution in [0.3, 0.4) is 0 Å². The quantitative estimate of drug-likeness (QED) is 0.761. The Morgan fingerprint density at radius 3 is 2.80 bits per heavy atom. The summed E-state index contributed by atoms with van der Waals surface area (Å²) in [4.78, 5) is 11.9. The van der Waals surface area contributed by atoms with Gasteiger partial charge in [0.1, 0.15) is 0 Å². The minimum Gasteiger partial charge on any atom is -0.478 e. The van der Waals surface area contributed by atoms with Crippen molar-refractivity contribution in [2.24, 2.45) is 22.7 Å². The van der Waals surface area contributed by atoms with Gasteiger partial charge in [-0.25, -0.2) is 4.79 Å². The van der Waals surface area contributed by atoms with Gasteiger partial charge in [0.05, 0.1) is 25.2 Å². The van der Waals surface area contributed by atoms with Crippen LogP contribution in [0.5, 0.6) is 0 Å². The lowest BCUT2D eigenvalue weighted by atomic mass is 9.46. The predicted octanol–water partition coefficient (Wildman–Crippen LogP) is 3.02. The number of aryl methyl sites for hydroxylation is 1. The Bertz CT molecular complexity index is 649. The number of carbonyl (C=O) groups is 1. The fourth-order valence-corrected chi connectivity index (χ4v) is 5.27. The zero-order valence-corrected chi connectivity index (χ0v) is 14.9. The molecule has 2 aliphatic rings. The third-order valence-corrected chi connectivity index (χ3v) is 7.03. The number of fused-ring (bicyclic) bond motifs is 1. The van der Waals surface area contributed by atoms with Gasteiger partial charge in [0.15, 0.2) is 0 Å². The summed E-state index contributed by atoms with van der Waals surface area (Å²) in [5.41, 5.74) is 0.399. The minimum absolute atomic E-state index is 0.0632. The summed E-state index contributed by atoms with van der Waals surface area (Å²) < 4.78 is 5.16. The standard InChI is InChI=1S/C20H28O5/c1-13-3-7-20(12-21)16(18(23)24)9-15(22)10-17(20)19(13,2)6-4-14-5-8-25-11-14/h5,8-9,11,13,15,17,21-22H,3-4,6-7,10,12H2,1-2H3,(H,23,24)/t13-,15-,17-,19+,20-/m1/s1. The van der Waals surface area contributed by atoms with Crippen molar-refractivity contribution in [2.75, 3.05) is 6.61 Å². The molecule has 138 valence electrons. The second kappa shape index (κ2) is 6.61. The van der Waals surface area contributed by atoms with E-state index in [2.05, 4.69) is 13.8 Å². The van der Waals surface area contributed by atoms with Gasteiger partial charge in [0.25, 0.3) is 0 Å². The largest absolute Gasteiger partial charge is 0.478 e. The van der Waals surface area contributed by atoms with Crippen LogP contribution in [-0.2, 0) is 11.2 Å². The van der Waals surface area contributed by atoms with Crippen LogP contribution in [-0.4, -0.2) is 34.0 Å². The van der Waals surface area contributed by atoms with Gasteiger partial charge in [-0.15, -0.1) is 0 Å². The molecule has 0 aromatic carbocycles. The van der Waals surface area contributed by atoms with E-state index in [0.717, 1.165) is 24.8 Å². The van der Waals surface area contributed by atoms with E-state index in [1.807, 2.05) is 6.07 Å². The molecule has 1 fully saturated rings. The molecule has 1 heterocycles. The first kappa shape index (κ1) is 18.2. The molecule has 0 saturated heterocycles.